The molecule has 9 heavy (non-hydrogen) atoms. The third kappa shape index (κ3) is 0.866. The summed E-state index contributed by atoms with van der Waals surface area (Å²) in [5.41, 5.74) is 5.42. The molecule has 2 rings (SSSR count). The van der Waals surface area contributed by atoms with Gasteiger partial charge in [0.05, 0.1) is 0 Å². The van der Waals surface area contributed by atoms with Crippen molar-refractivity contribution in [2.24, 2.45) is 16.8 Å². The summed E-state index contributed by atoms with van der Waals surface area (Å²) in [5.74, 6) is 1.42. The van der Waals surface area contributed by atoms with Crippen molar-refractivity contribution in [2.75, 3.05) is 0 Å². The molecule has 0 amide bonds. The number of hydrogen-bond donors (Lipinski definition) is 1. The number of amidine groups is 1. The van der Waals surface area contributed by atoms with Gasteiger partial charge in [-0.3, -0.25) is 0 Å². The van der Waals surface area contributed by atoms with Crippen LogP contribution in [0.5, 0.6) is 0 Å². The van der Waals surface area contributed by atoms with E-state index in [1.54, 1.807) is 0 Å². The molecule has 0 bridgehead atoms. The number of rotatable bonds is 1. The van der Waals surface area contributed by atoms with Crippen LogP contribution < -0.4 is 5.73 Å². The maximum Gasteiger partial charge on any atom is 0.143 e. The lowest BCUT2D eigenvalue weighted by molar-refractivity contribution is 0.0694. The molecule has 1 aliphatic carbocycles. The van der Waals surface area contributed by atoms with Crippen molar-refractivity contribution in [3.8, 4) is 0 Å². The second-order valence-electron chi connectivity index (χ2n) is 2.77. The third-order valence-corrected chi connectivity index (χ3v) is 1.86. The molecule has 0 aromatic heterocycles. The molecule has 0 aromatic carbocycles. The van der Waals surface area contributed by atoms with Crippen molar-refractivity contribution in [2.45, 2.75) is 25.4 Å². The zero-order valence-corrected chi connectivity index (χ0v) is 5.21. The second-order valence-corrected chi connectivity index (χ2v) is 2.77. The Kier molecular flexibility index (Phi) is 0.917. The van der Waals surface area contributed by atoms with E-state index in [0.717, 1.165) is 12.3 Å². The van der Waals surface area contributed by atoms with Crippen LogP contribution in [0.2, 0.25) is 0 Å². The van der Waals surface area contributed by atoms with Gasteiger partial charge in [-0.25, -0.2) is 0 Å². The van der Waals surface area contributed by atoms with Crippen LogP contribution in [0.1, 0.15) is 19.3 Å². The van der Waals surface area contributed by atoms with Crippen LogP contribution in [0.25, 0.3) is 0 Å². The van der Waals surface area contributed by atoms with Crippen LogP contribution in [-0.2, 0) is 4.84 Å². The van der Waals surface area contributed by atoms with Crippen molar-refractivity contribution in [1.82, 2.24) is 0 Å². The van der Waals surface area contributed by atoms with Gasteiger partial charge in [0.2, 0.25) is 0 Å². The molecule has 1 saturated carbocycles. The fraction of sp³-hybridized carbons (Fsp3) is 0.833. The first-order valence-corrected chi connectivity index (χ1v) is 3.34. The Morgan fingerprint density at radius 2 is 2.33 bits per heavy atom. The minimum Gasteiger partial charge on any atom is -0.390 e. The minimum atomic E-state index is 0.324. The predicted octanol–water partition coefficient (Wildman–Crippen LogP) is 0.457. The van der Waals surface area contributed by atoms with E-state index in [4.69, 9.17) is 10.6 Å². The standard InChI is InChI=1S/C6H10N2O/c7-6-3-5(9-8-6)4-1-2-4/h4-5H,1-3H2,(H2,7,8). The molecule has 0 saturated heterocycles. The Hall–Kier alpha value is -0.730. The number of nitrogens with two attached hydrogens (primary N) is 1. The lowest BCUT2D eigenvalue weighted by Crippen LogP contribution is -2.14. The average Bonchev–Trinajstić information content (AvgIpc) is 2.58. The third-order valence-electron chi connectivity index (χ3n) is 1.86. The summed E-state index contributed by atoms with van der Waals surface area (Å²) < 4.78 is 0. The first kappa shape index (κ1) is 5.09. The van der Waals surface area contributed by atoms with Crippen LogP contribution in [-0.4, -0.2) is 11.9 Å². The minimum absolute atomic E-state index is 0.324. The lowest BCUT2D eigenvalue weighted by Gasteiger charge is -2.02. The van der Waals surface area contributed by atoms with Gasteiger partial charge in [0.1, 0.15) is 11.9 Å². The van der Waals surface area contributed by atoms with Gasteiger partial charge < -0.3 is 10.6 Å². The summed E-state index contributed by atoms with van der Waals surface area (Å²) >= 11 is 0. The van der Waals surface area contributed by atoms with Gasteiger partial charge >= 0.3 is 0 Å². The first-order chi connectivity index (χ1) is 4.36. The van der Waals surface area contributed by atoms with E-state index < -0.39 is 0 Å². The van der Waals surface area contributed by atoms with Crippen LogP contribution in [0.15, 0.2) is 5.16 Å². The maximum atomic E-state index is 5.42. The Morgan fingerprint density at radius 3 is 2.78 bits per heavy atom. The molecule has 1 aliphatic heterocycles. The number of nitrogens with zero attached hydrogens (tertiary/aromatic N) is 1. The molecular weight excluding hydrogens is 116 g/mol. The molecule has 1 heterocycles. The summed E-state index contributed by atoms with van der Waals surface area (Å²) in [5, 5.41) is 3.67. The molecule has 2 N–H and O–H groups in total. The maximum absolute atomic E-state index is 5.42. The van der Waals surface area contributed by atoms with E-state index >= 15 is 0 Å². The van der Waals surface area contributed by atoms with Gasteiger partial charge in [-0.2, -0.15) is 0 Å². The normalized spacial score (nSPS) is 33.8. The summed E-state index contributed by atoms with van der Waals surface area (Å²) in [4.78, 5) is 5.05. The Morgan fingerprint density at radius 1 is 1.56 bits per heavy atom. The number of oxime groups is 1. The number of hydrogen-bond acceptors (Lipinski definition) is 3. The summed E-state index contributed by atoms with van der Waals surface area (Å²) in [6.07, 6.45) is 3.77. The van der Waals surface area contributed by atoms with Gasteiger partial charge in [0.15, 0.2) is 0 Å². The highest BCUT2D eigenvalue weighted by molar-refractivity contribution is 5.81. The van der Waals surface area contributed by atoms with Crippen molar-refractivity contribution in [3.63, 3.8) is 0 Å². The molecule has 3 nitrogen and oxygen atoms in total. The molecule has 1 atom stereocenters. The monoisotopic (exact) mass is 126 g/mol. The van der Waals surface area contributed by atoms with Gasteiger partial charge in [0, 0.05) is 6.42 Å². The largest absolute Gasteiger partial charge is 0.390 e. The topological polar surface area (TPSA) is 47.6 Å². The quantitative estimate of drug-likeness (QED) is 0.554. The molecule has 2 aliphatic rings. The predicted molar refractivity (Wildman–Crippen MR) is 33.8 cm³/mol. The molecular formula is C6H10N2O. The molecule has 1 fully saturated rings. The van der Waals surface area contributed by atoms with Gasteiger partial charge in [0.25, 0.3) is 0 Å². The van der Waals surface area contributed by atoms with Gasteiger partial charge in [-0.15, -0.1) is 0 Å². The van der Waals surface area contributed by atoms with Gasteiger partial charge in [-0.1, -0.05) is 5.16 Å². The first-order valence-electron chi connectivity index (χ1n) is 3.34. The van der Waals surface area contributed by atoms with Crippen LogP contribution in [0, 0.1) is 5.92 Å². The lowest BCUT2D eigenvalue weighted by atomic mass is 10.2. The van der Waals surface area contributed by atoms with Crippen LogP contribution in [0.3, 0.4) is 0 Å². The van der Waals surface area contributed by atoms with E-state index in [9.17, 15) is 0 Å². The van der Waals surface area contributed by atoms with Crippen molar-refractivity contribution < 1.29 is 4.84 Å². The molecule has 0 aromatic rings. The smallest absolute Gasteiger partial charge is 0.143 e. The van der Waals surface area contributed by atoms with Crippen LogP contribution in [0.4, 0.5) is 0 Å². The highest BCUT2D eigenvalue weighted by Gasteiger charge is 2.36. The van der Waals surface area contributed by atoms with E-state index in [1.807, 2.05) is 0 Å². The molecule has 1 unspecified atom stereocenters. The van der Waals surface area contributed by atoms with Crippen molar-refractivity contribution in [3.05, 3.63) is 0 Å². The highest BCUT2D eigenvalue weighted by Crippen LogP contribution is 2.37. The molecule has 0 radical (unpaired) electrons. The van der Waals surface area contributed by atoms with Crippen molar-refractivity contribution in [1.29, 1.82) is 0 Å². The summed E-state index contributed by atoms with van der Waals surface area (Å²) in [6, 6.07) is 0. The van der Waals surface area contributed by atoms with Gasteiger partial charge in [-0.05, 0) is 18.8 Å². The fourth-order valence-corrected chi connectivity index (χ4v) is 1.14. The zero-order chi connectivity index (χ0) is 6.27. The van der Waals surface area contributed by atoms with Crippen molar-refractivity contribution >= 4 is 5.84 Å². The molecule has 0 spiro atoms. The SMILES string of the molecule is NC1=NOC(C2CC2)C1. The summed E-state index contributed by atoms with van der Waals surface area (Å²) in [6.45, 7) is 0. The van der Waals surface area contributed by atoms with Crippen LogP contribution >= 0.6 is 0 Å². The highest BCUT2D eigenvalue weighted by atomic mass is 16.6. The Bertz CT molecular complexity index is 151. The molecule has 50 valence electrons. The second kappa shape index (κ2) is 1.62. The average molecular weight is 126 g/mol. The van der Waals surface area contributed by atoms with E-state index in [-0.39, 0.29) is 0 Å². The Balaban J connectivity index is 1.91. The molecule has 3 heteroatoms. The van der Waals surface area contributed by atoms with E-state index in [0.29, 0.717) is 11.9 Å². The Labute approximate surface area is 53.9 Å². The fourth-order valence-electron chi connectivity index (χ4n) is 1.14. The zero-order valence-electron chi connectivity index (χ0n) is 5.21. The summed E-state index contributed by atoms with van der Waals surface area (Å²) in [7, 11) is 0. The van der Waals surface area contributed by atoms with E-state index in [1.165, 1.54) is 12.8 Å². The van der Waals surface area contributed by atoms with E-state index in [2.05, 4.69) is 5.16 Å².